The van der Waals surface area contributed by atoms with Crippen molar-refractivity contribution in [3.05, 3.63) is 18.2 Å². The highest BCUT2D eigenvalue weighted by Crippen LogP contribution is 2.05. The molecule has 0 aromatic carbocycles. The number of imidazole rings is 1. The summed E-state index contributed by atoms with van der Waals surface area (Å²) in [5, 5.41) is 34.1. The molecule has 0 aliphatic heterocycles. The SMILES string of the molecule is NC(N)=NCCCC(NC(=O)C(CC(=O)O)NC(=O)C(N)CC(=O)O)C(=O)NC(Cc1cnc[nH]1)C(=O)O. The van der Waals surface area contributed by atoms with Gasteiger partial charge in [-0.25, -0.2) is 9.78 Å². The van der Waals surface area contributed by atoms with Crippen LogP contribution in [0.15, 0.2) is 17.5 Å². The van der Waals surface area contributed by atoms with Gasteiger partial charge in [0.2, 0.25) is 17.7 Å². The zero-order valence-electron chi connectivity index (χ0n) is 20.1. The van der Waals surface area contributed by atoms with Crippen LogP contribution in [0.4, 0.5) is 0 Å². The van der Waals surface area contributed by atoms with Crippen molar-refractivity contribution in [3.8, 4) is 0 Å². The molecule has 0 spiro atoms. The molecule has 4 unspecified atom stereocenters. The summed E-state index contributed by atoms with van der Waals surface area (Å²) in [5.41, 5.74) is 16.4. The maximum absolute atomic E-state index is 13.0. The number of nitrogens with two attached hydrogens (primary N) is 3. The van der Waals surface area contributed by atoms with Crippen LogP contribution in [0.3, 0.4) is 0 Å². The zero-order valence-corrected chi connectivity index (χ0v) is 20.1. The molecule has 38 heavy (non-hydrogen) atoms. The fourth-order valence-corrected chi connectivity index (χ4v) is 3.08. The summed E-state index contributed by atoms with van der Waals surface area (Å²) in [6.07, 6.45) is 0.875. The third-order valence-corrected chi connectivity index (χ3v) is 4.91. The summed E-state index contributed by atoms with van der Waals surface area (Å²) < 4.78 is 0. The Labute approximate surface area is 215 Å². The van der Waals surface area contributed by atoms with Crippen LogP contribution in [0.1, 0.15) is 31.4 Å². The number of aliphatic imine (C=N–C) groups is 1. The zero-order chi connectivity index (χ0) is 28.8. The molecule has 0 aliphatic carbocycles. The Balaban J connectivity index is 3.06. The Morgan fingerprint density at radius 1 is 0.895 bits per heavy atom. The van der Waals surface area contributed by atoms with E-state index >= 15 is 0 Å². The second-order valence-electron chi connectivity index (χ2n) is 8.05. The molecule has 1 heterocycles. The number of carboxylic acids is 3. The molecule has 0 bridgehead atoms. The van der Waals surface area contributed by atoms with Crippen molar-refractivity contribution < 1.29 is 44.1 Å². The molecular weight excluding hydrogens is 510 g/mol. The lowest BCUT2D eigenvalue weighted by atomic mass is 10.1. The number of nitrogens with one attached hydrogen (secondary N) is 4. The Bertz CT molecular complexity index is 1030. The molecule has 1 aromatic rings. The normalized spacial score (nSPS) is 13.7. The number of aromatic nitrogens is 2. The first-order valence-corrected chi connectivity index (χ1v) is 11.2. The van der Waals surface area contributed by atoms with Gasteiger partial charge in [0.25, 0.3) is 0 Å². The molecule has 18 heteroatoms. The monoisotopic (exact) mass is 541 g/mol. The van der Waals surface area contributed by atoms with Crippen molar-refractivity contribution in [3.63, 3.8) is 0 Å². The Morgan fingerprint density at radius 3 is 2.00 bits per heavy atom. The fraction of sp³-hybridized carbons (Fsp3) is 0.500. The minimum absolute atomic E-state index is 0.0534. The highest BCUT2D eigenvalue weighted by atomic mass is 16.4. The molecular formula is C20H31N9O9. The van der Waals surface area contributed by atoms with Crippen LogP contribution in [-0.4, -0.2) is 97.6 Å². The maximum atomic E-state index is 13.0. The summed E-state index contributed by atoms with van der Waals surface area (Å²) in [6, 6.07) is -6.10. The van der Waals surface area contributed by atoms with Gasteiger partial charge in [0.05, 0.1) is 25.2 Å². The minimum Gasteiger partial charge on any atom is -0.481 e. The number of hydrogen-bond donors (Lipinski definition) is 10. The van der Waals surface area contributed by atoms with E-state index in [1.165, 1.54) is 12.5 Å². The van der Waals surface area contributed by atoms with Crippen LogP contribution in [0.2, 0.25) is 0 Å². The van der Waals surface area contributed by atoms with E-state index in [4.69, 9.17) is 27.4 Å². The molecule has 18 nitrogen and oxygen atoms in total. The maximum Gasteiger partial charge on any atom is 0.326 e. The summed E-state index contributed by atoms with van der Waals surface area (Å²) in [6.45, 7) is 0.0534. The molecule has 1 rings (SSSR count). The minimum atomic E-state index is -1.73. The first kappa shape index (κ1) is 31.3. The number of rotatable bonds is 17. The molecule has 3 amide bonds. The summed E-state index contributed by atoms with van der Waals surface area (Å²) in [4.78, 5) is 82.0. The molecule has 210 valence electrons. The van der Waals surface area contributed by atoms with Gasteiger partial charge in [-0.05, 0) is 12.8 Å². The van der Waals surface area contributed by atoms with E-state index in [0.717, 1.165) is 0 Å². The second-order valence-corrected chi connectivity index (χ2v) is 8.05. The van der Waals surface area contributed by atoms with Crippen LogP contribution in [0, 0.1) is 0 Å². The van der Waals surface area contributed by atoms with Gasteiger partial charge >= 0.3 is 17.9 Å². The molecule has 0 fully saturated rings. The number of H-pyrrole nitrogens is 1. The lowest BCUT2D eigenvalue weighted by molar-refractivity contribution is -0.143. The van der Waals surface area contributed by atoms with Crippen LogP contribution >= 0.6 is 0 Å². The third kappa shape index (κ3) is 11.8. The number of carbonyl (C=O) groups excluding carboxylic acids is 3. The van der Waals surface area contributed by atoms with Crippen molar-refractivity contribution >= 4 is 41.6 Å². The third-order valence-electron chi connectivity index (χ3n) is 4.91. The molecule has 0 aliphatic rings. The summed E-state index contributed by atoms with van der Waals surface area (Å²) >= 11 is 0. The van der Waals surface area contributed by atoms with Crippen molar-refractivity contribution in [1.82, 2.24) is 25.9 Å². The van der Waals surface area contributed by atoms with E-state index in [0.29, 0.717) is 5.69 Å². The van der Waals surface area contributed by atoms with E-state index in [1.54, 1.807) is 0 Å². The number of carbonyl (C=O) groups is 6. The second kappa shape index (κ2) is 15.4. The topological polar surface area (TPSA) is 318 Å². The van der Waals surface area contributed by atoms with Gasteiger partial charge in [0.1, 0.15) is 18.1 Å². The Hall–Kier alpha value is -4.74. The number of carboxylic acid groups (broad SMARTS) is 3. The number of amides is 3. The summed E-state index contributed by atoms with van der Waals surface area (Å²) in [7, 11) is 0. The fourth-order valence-electron chi connectivity index (χ4n) is 3.08. The molecule has 1 aromatic heterocycles. The molecule has 13 N–H and O–H groups in total. The Kier molecular flexibility index (Phi) is 12.7. The van der Waals surface area contributed by atoms with Crippen LogP contribution < -0.4 is 33.2 Å². The van der Waals surface area contributed by atoms with Gasteiger partial charge in [-0.15, -0.1) is 0 Å². The number of nitrogens with zero attached hydrogens (tertiary/aromatic N) is 2. The lowest BCUT2D eigenvalue weighted by Gasteiger charge is -2.24. The van der Waals surface area contributed by atoms with Crippen molar-refractivity contribution in [2.45, 2.75) is 56.3 Å². The average Bonchev–Trinajstić information content (AvgIpc) is 3.32. The van der Waals surface area contributed by atoms with Gasteiger partial charge < -0.3 is 53.5 Å². The number of aliphatic carboxylic acids is 3. The highest BCUT2D eigenvalue weighted by molar-refractivity contribution is 5.96. The van der Waals surface area contributed by atoms with E-state index in [-0.39, 0.29) is 31.8 Å². The molecule has 0 saturated carbocycles. The van der Waals surface area contributed by atoms with E-state index in [2.05, 4.69) is 30.9 Å². The largest absolute Gasteiger partial charge is 0.481 e. The van der Waals surface area contributed by atoms with E-state index < -0.39 is 72.6 Å². The van der Waals surface area contributed by atoms with Gasteiger partial charge in [-0.3, -0.25) is 29.0 Å². The van der Waals surface area contributed by atoms with Crippen LogP contribution in [0.5, 0.6) is 0 Å². The van der Waals surface area contributed by atoms with E-state index in [9.17, 15) is 33.9 Å². The molecule has 0 radical (unpaired) electrons. The Morgan fingerprint density at radius 2 is 1.47 bits per heavy atom. The number of aromatic amines is 1. The van der Waals surface area contributed by atoms with Crippen LogP contribution in [-0.2, 0) is 35.2 Å². The van der Waals surface area contributed by atoms with Crippen molar-refractivity contribution in [2.24, 2.45) is 22.2 Å². The lowest BCUT2D eigenvalue weighted by Crippen LogP contribution is -2.57. The quantitative estimate of drug-likeness (QED) is 0.0509. The predicted octanol–water partition coefficient (Wildman–Crippen LogP) is -4.18. The summed E-state index contributed by atoms with van der Waals surface area (Å²) in [5.74, 6) is -7.61. The van der Waals surface area contributed by atoms with Crippen LogP contribution in [0.25, 0.3) is 0 Å². The van der Waals surface area contributed by atoms with Gasteiger partial charge in [-0.1, -0.05) is 0 Å². The van der Waals surface area contributed by atoms with Crippen molar-refractivity contribution in [1.29, 1.82) is 0 Å². The van der Waals surface area contributed by atoms with Gasteiger partial charge in [-0.2, -0.15) is 0 Å². The van der Waals surface area contributed by atoms with Gasteiger partial charge in [0, 0.05) is 24.9 Å². The first-order chi connectivity index (χ1) is 17.8. The smallest absolute Gasteiger partial charge is 0.326 e. The van der Waals surface area contributed by atoms with Gasteiger partial charge in [0.15, 0.2) is 5.96 Å². The van der Waals surface area contributed by atoms with Crippen molar-refractivity contribution in [2.75, 3.05) is 6.54 Å². The highest BCUT2D eigenvalue weighted by Gasteiger charge is 2.31. The molecule has 0 saturated heterocycles. The average molecular weight is 542 g/mol. The number of hydrogen-bond acceptors (Lipinski definition) is 9. The molecule has 4 atom stereocenters. The standard InChI is InChI=1S/C20H31N9O9/c21-10(5-14(30)31)16(34)28-12(6-15(32)33)18(36)27-11(2-1-3-25-20(22)23)17(35)29-13(19(37)38)4-9-7-24-8-26-9/h7-8,10-13H,1-6,21H2,(H,24,26)(H,27,36)(H,28,34)(H,29,35)(H,30,31)(H,32,33)(H,37,38)(H4,22,23,25). The van der Waals surface area contributed by atoms with E-state index in [1.807, 2.05) is 0 Å². The predicted molar refractivity (Wildman–Crippen MR) is 128 cm³/mol. The first-order valence-electron chi connectivity index (χ1n) is 11.2. The number of guanidine groups is 1.